The molecular weight excluding hydrogens is 564 g/mol. The molecule has 6 rings (SSSR count). The topological polar surface area (TPSA) is 116 Å². The standard InChI is InChI=1S/C37H38N4O4/c1-9-22(42)13-12-21-14-25-20(7)33-18(5)24(11-3)29(41-33)15-26-17(4)23(10-2)28(38-26)16-27-19(6)30-35(40-27)31(34(21)39-25)32(36(30)43)37(44)45-8/h11,14-16,32,38,43H,3,9-10,12-13H2,1-2,4-8H3/t32-/m1/s1. The van der Waals surface area contributed by atoms with E-state index in [0.29, 0.717) is 53.2 Å². The van der Waals surface area contributed by atoms with Gasteiger partial charge in [-0.1, -0.05) is 26.5 Å². The van der Waals surface area contributed by atoms with Crippen LogP contribution in [-0.2, 0) is 20.7 Å². The molecule has 0 fully saturated rings. The zero-order valence-corrected chi connectivity index (χ0v) is 26.9. The number of Topliss-reactive ketones (excluding diaryl/α,β-unsaturated/α-hetero) is 1. The van der Waals surface area contributed by atoms with Crippen LogP contribution in [0.15, 0.2) is 95.6 Å². The maximum Gasteiger partial charge on any atom is 0.321 e. The summed E-state index contributed by atoms with van der Waals surface area (Å²) in [7, 11) is 1.31. The molecule has 0 radical (unpaired) electrons. The molecule has 0 saturated carbocycles. The quantitative estimate of drug-likeness (QED) is 0.405. The number of aliphatic imine (C=N–C) groups is 3. The van der Waals surface area contributed by atoms with Gasteiger partial charge in [-0.05, 0) is 86.6 Å². The van der Waals surface area contributed by atoms with Gasteiger partial charge in [-0.15, -0.1) is 0 Å². The highest BCUT2D eigenvalue weighted by molar-refractivity contribution is 6.27. The van der Waals surface area contributed by atoms with E-state index in [4.69, 9.17) is 19.7 Å². The van der Waals surface area contributed by atoms with Crippen LogP contribution >= 0.6 is 0 Å². The van der Waals surface area contributed by atoms with Crippen molar-refractivity contribution >= 4 is 41.0 Å². The summed E-state index contributed by atoms with van der Waals surface area (Å²) in [5.41, 5.74) is 11.7. The average Bonchev–Trinajstić information content (AvgIpc) is 3.80. The van der Waals surface area contributed by atoms with Gasteiger partial charge in [0, 0.05) is 45.8 Å². The number of hydrogen-bond acceptors (Lipinski definition) is 7. The first kappa shape index (κ1) is 30.2. The lowest BCUT2D eigenvalue weighted by Gasteiger charge is -2.15. The molecule has 0 aromatic carbocycles. The third-order valence-electron chi connectivity index (χ3n) is 9.49. The zero-order chi connectivity index (χ0) is 32.3. The van der Waals surface area contributed by atoms with Crippen molar-refractivity contribution in [1.29, 1.82) is 0 Å². The van der Waals surface area contributed by atoms with E-state index in [1.54, 1.807) is 0 Å². The van der Waals surface area contributed by atoms with Crippen LogP contribution < -0.4 is 10.7 Å². The number of hydrogen-bond donors (Lipinski definition) is 2. The van der Waals surface area contributed by atoms with E-state index >= 15 is 0 Å². The third kappa shape index (κ3) is 4.62. The van der Waals surface area contributed by atoms with Crippen LogP contribution in [0.4, 0.5) is 0 Å². The molecular formula is C37H38N4O4. The Kier molecular flexibility index (Phi) is 7.55. The second kappa shape index (κ2) is 11.3. The van der Waals surface area contributed by atoms with Gasteiger partial charge in [0.1, 0.15) is 17.5 Å². The Morgan fingerprint density at radius 3 is 2.38 bits per heavy atom. The van der Waals surface area contributed by atoms with Gasteiger partial charge in [-0.2, -0.15) is 0 Å². The molecule has 0 saturated heterocycles. The molecule has 0 spiro atoms. The number of methoxy groups -OCH3 is 1. The van der Waals surface area contributed by atoms with E-state index in [-0.39, 0.29) is 11.5 Å². The number of carbonyl (C=O) groups excluding carboxylic acids is 2. The summed E-state index contributed by atoms with van der Waals surface area (Å²) in [5, 5.41) is 13.5. The van der Waals surface area contributed by atoms with Crippen LogP contribution in [0.25, 0.3) is 12.2 Å². The summed E-state index contributed by atoms with van der Waals surface area (Å²) < 4.78 is 5.19. The molecule has 1 aromatic heterocycles. The molecule has 8 heteroatoms. The van der Waals surface area contributed by atoms with E-state index in [1.807, 2.05) is 45.9 Å². The normalized spacial score (nSPS) is 20.4. The lowest BCUT2D eigenvalue weighted by atomic mass is 9.93. The van der Waals surface area contributed by atoms with Crippen LogP contribution in [0.1, 0.15) is 65.0 Å². The predicted molar refractivity (Wildman–Crippen MR) is 178 cm³/mol. The SMILES string of the molecule is C=CC1=C(C)C2=C(C)C3=NC(=C4C5=NC(=C(C)C5=C(O)[C@@H]4C(=O)OC)C=c4[nH]c(c(C)c4CC)=CC1=N2)C(CCC(=O)CC)=C3. The summed E-state index contributed by atoms with van der Waals surface area (Å²) in [6.45, 7) is 16.1. The number of ketones is 1. The Labute approximate surface area is 262 Å². The number of carbonyl (C=O) groups is 2. The average molecular weight is 603 g/mol. The maximum atomic E-state index is 13.3. The molecule has 230 valence electrons. The van der Waals surface area contributed by atoms with Gasteiger partial charge in [0.05, 0.1) is 41.3 Å². The number of esters is 1. The molecule has 4 aliphatic heterocycles. The van der Waals surface area contributed by atoms with Gasteiger partial charge in [-0.25, -0.2) is 15.0 Å². The second-order valence-electron chi connectivity index (χ2n) is 11.9. The Bertz CT molecular complexity index is 2050. The van der Waals surface area contributed by atoms with Crippen molar-refractivity contribution in [2.75, 3.05) is 7.11 Å². The summed E-state index contributed by atoms with van der Waals surface area (Å²) in [6, 6.07) is 0. The fourth-order valence-corrected chi connectivity index (χ4v) is 6.87. The summed E-state index contributed by atoms with van der Waals surface area (Å²) in [5.74, 6) is -1.64. The lowest BCUT2D eigenvalue weighted by molar-refractivity contribution is -0.143. The molecule has 45 heavy (non-hydrogen) atoms. The molecule has 8 nitrogen and oxygen atoms in total. The molecule has 5 heterocycles. The van der Waals surface area contributed by atoms with Crippen molar-refractivity contribution in [3.63, 3.8) is 0 Å². The number of fused-ring (bicyclic) bond motifs is 5. The van der Waals surface area contributed by atoms with Crippen LogP contribution in [-0.4, -0.2) is 46.1 Å². The highest BCUT2D eigenvalue weighted by atomic mass is 16.5. The minimum atomic E-state index is -1.08. The highest BCUT2D eigenvalue weighted by Crippen LogP contribution is 2.47. The number of rotatable bonds is 7. The molecule has 8 bridgehead atoms. The molecule has 5 aliphatic rings. The van der Waals surface area contributed by atoms with Gasteiger partial charge < -0.3 is 14.8 Å². The first-order valence-corrected chi connectivity index (χ1v) is 15.5. The fourth-order valence-electron chi connectivity index (χ4n) is 6.87. The summed E-state index contributed by atoms with van der Waals surface area (Å²) in [6.07, 6.45) is 9.90. The Morgan fingerprint density at radius 2 is 1.71 bits per heavy atom. The number of aliphatic hydroxyl groups excluding tert-OH is 1. The van der Waals surface area contributed by atoms with Crippen molar-refractivity contribution in [3.8, 4) is 0 Å². The Balaban J connectivity index is 1.73. The van der Waals surface area contributed by atoms with Crippen LogP contribution in [0.2, 0.25) is 0 Å². The number of nitrogens with one attached hydrogen (secondary N) is 1. The van der Waals surface area contributed by atoms with Crippen LogP contribution in [0, 0.1) is 12.8 Å². The van der Waals surface area contributed by atoms with Crippen LogP contribution in [0.3, 0.4) is 0 Å². The second-order valence-corrected chi connectivity index (χ2v) is 11.9. The van der Waals surface area contributed by atoms with Gasteiger partial charge in [-0.3, -0.25) is 9.59 Å². The van der Waals surface area contributed by atoms with Crippen molar-refractivity contribution in [1.82, 2.24) is 4.98 Å². The van der Waals surface area contributed by atoms with Gasteiger partial charge in [0.2, 0.25) is 0 Å². The first-order valence-electron chi connectivity index (χ1n) is 15.5. The minimum Gasteiger partial charge on any atom is -0.510 e. The monoisotopic (exact) mass is 602 g/mol. The largest absolute Gasteiger partial charge is 0.510 e. The summed E-state index contributed by atoms with van der Waals surface area (Å²) in [4.78, 5) is 44.6. The smallest absolute Gasteiger partial charge is 0.321 e. The molecule has 1 aromatic rings. The van der Waals surface area contributed by atoms with Crippen molar-refractivity contribution in [2.45, 2.75) is 67.2 Å². The third-order valence-corrected chi connectivity index (χ3v) is 9.49. The number of H-pyrrole nitrogens is 1. The minimum absolute atomic E-state index is 0.0975. The van der Waals surface area contributed by atoms with Gasteiger partial charge in [0.15, 0.2) is 0 Å². The Hall–Kier alpha value is -4.85. The molecule has 0 unspecified atom stereocenters. The number of aliphatic hydroxyl groups is 1. The van der Waals surface area contributed by atoms with Gasteiger partial charge in [0.25, 0.3) is 0 Å². The maximum absolute atomic E-state index is 13.3. The molecule has 1 aliphatic carbocycles. The van der Waals surface area contributed by atoms with Crippen molar-refractivity contribution in [2.24, 2.45) is 20.9 Å². The highest BCUT2D eigenvalue weighted by Gasteiger charge is 2.47. The van der Waals surface area contributed by atoms with Crippen molar-refractivity contribution < 1.29 is 19.4 Å². The van der Waals surface area contributed by atoms with Crippen molar-refractivity contribution in [3.05, 3.63) is 102 Å². The Morgan fingerprint density at radius 1 is 0.978 bits per heavy atom. The first-order chi connectivity index (χ1) is 21.5. The fraction of sp³-hybridized carbons (Fsp3) is 0.324. The van der Waals surface area contributed by atoms with E-state index in [0.717, 1.165) is 67.5 Å². The number of aromatic nitrogens is 1. The number of nitrogens with zero attached hydrogens (tertiary/aromatic N) is 3. The van der Waals surface area contributed by atoms with E-state index < -0.39 is 11.9 Å². The molecule has 1 atom stereocenters. The molecule has 0 amide bonds. The predicted octanol–water partition coefficient (Wildman–Crippen LogP) is 5.43. The number of ether oxygens (including phenoxy) is 1. The van der Waals surface area contributed by atoms with E-state index in [9.17, 15) is 14.7 Å². The van der Waals surface area contributed by atoms with Crippen LogP contribution in [0.5, 0.6) is 0 Å². The lowest BCUT2D eigenvalue weighted by Crippen LogP contribution is -2.21. The number of allylic oxidation sites excluding steroid dienone is 9. The van der Waals surface area contributed by atoms with E-state index in [2.05, 4.69) is 31.5 Å². The number of aromatic amines is 1. The summed E-state index contributed by atoms with van der Waals surface area (Å²) >= 11 is 0. The zero-order valence-electron chi connectivity index (χ0n) is 26.9. The van der Waals surface area contributed by atoms with E-state index in [1.165, 1.54) is 7.11 Å². The van der Waals surface area contributed by atoms with Gasteiger partial charge >= 0.3 is 5.97 Å². The molecule has 2 N–H and O–H groups in total.